The Balaban J connectivity index is 0.00000420. The first kappa shape index (κ1) is 24.5. The first-order valence-electron chi connectivity index (χ1n) is 9.56. The summed E-state index contributed by atoms with van der Waals surface area (Å²) >= 11 is 0. The van der Waals surface area contributed by atoms with Crippen LogP contribution in [0, 0.1) is 13.8 Å². The lowest BCUT2D eigenvalue weighted by molar-refractivity contribution is 0.135. The monoisotopic (exact) mass is 418 g/mol. The molecule has 2 amide bonds. The van der Waals surface area contributed by atoms with E-state index in [2.05, 4.69) is 33.1 Å². The SMILES string of the molecule is CN=C(NCCCOCCc1ccccc1)NC(=O)Nc1c(C)cccc1C.Cl. The number of aryl methyl sites for hydroxylation is 2. The number of rotatable bonds is 8. The highest BCUT2D eigenvalue weighted by Gasteiger charge is 2.09. The molecule has 0 aliphatic heterocycles. The number of nitrogens with one attached hydrogen (secondary N) is 3. The molecule has 0 aliphatic carbocycles. The average Bonchev–Trinajstić information content (AvgIpc) is 2.70. The number of anilines is 1. The minimum Gasteiger partial charge on any atom is -0.381 e. The maximum absolute atomic E-state index is 12.2. The minimum atomic E-state index is -0.315. The summed E-state index contributed by atoms with van der Waals surface area (Å²) in [5.74, 6) is 0.438. The zero-order valence-corrected chi connectivity index (χ0v) is 18.1. The molecule has 3 N–H and O–H groups in total. The Morgan fingerprint density at radius 2 is 1.69 bits per heavy atom. The van der Waals surface area contributed by atoms with Crippen molar-refractivity contribution >= 4 is 30.1 Å². The van der Waals surface area contributed by atoms with E-state index in [-0.39, 0.29) is 18.4 Å². The Morgan fingerprint density at radius 1 is 1.00 bits per heavy atom. The van der Waals surface area contributed by atoms with E-state index in [1.54, 1.807) is 7.05 Å². The van der Waals surface area contributed by atoms with Crippen molar-refractivity contribution in [2.45, 2.75) is 26.7 Å². The van der Waals surface area contributed by atoms with Gasteiger partial charge in [-0.3, -0.25) is 10.3 Å². The van der Waals surface area contributed by atoms with Gasteiger partial charge in [0.2, 0.25) is 0 Å². The molecule has 0 saturated heterocycles. The van der Waals surface area contributed by atoms with E-state index >= 15 is 0 Å². The highest BCUT2D eigenvalue weighted by molar-refractivity contribution is 6.02. The number of para-hydroxylation sites is 1. The van der Waals surface area contributed by atoms with Gasteiger partial charge in [-0.2, -0.15) is 0 Å². The number of hydrogen-bond acceptors (Lipinski definition) is 3. The van der Waals surface area contributed by atoms with E-state index in [4.69, 9.17) is 4.74 Å². The van der Waals surface area contributed by atoms with Crippen molar-refractivity contribution in [2.24, 2.45) is 4.99 Å². The normalized spacial score (nSPS) is 10.8. The number of hydrogen-bond donors (Lipinski definition) is 3. The van der Waals surface area contributed by atoms with Crippen molar-refractivity contribution in [3.63, 3.8) is 0 Å². The highest BCUT2D eigenvalue weighted by Crippen LogP contribution is 2.18. The number of benzene rings is 2. The van der Waals surface area contributed by atoms with E-state index in [9.17, 15) is 4.79 Å². The van der Waals surface area contributed by atoms with Gasteiger partial charge < -0.3 is 15.4 Å². The van der Waals surface area contributed by atoms with E-state index < -0.39 is 0 Å². The number of carbonyl (C=O) groups excluding carboxylic acids is 1. The lowest BCUT2D eigenvalue weighted by Gasteiger charge is -2.14. The molecule has 2 aromatic carbocycles. The summed E-state index contributed by atoms with van der Waals surface area (Å²) < 4.78 is 5.66. The van der Waals surface area contributed by atoms with E-state index in [0.717, 1.165) is 29.7 Å². The molecule has 0 saturated carbocycles. The van der Waals surface area contributed by atoms with Crippen LogP contribution in [0.4, 0.5) is 10.5 Å². The van der Waals surface area contributed by atoms with Crippen LogP contribution in [-0.4, -0.2) is 38.8 Å². The second kappa shape index (κ2) is 13.6. The molecule has 0 aliphatic rings. The molecule has 7 heteroatoms. The molecular weight excluding hydrogens is 388 g/mol. The van der Waals surface area contributed by atoms with Crippen LogP contribution in [0.1, 0.15) is 23.1 Å². The van der Waals surface area contributed by atoms with E-state index in [1.165, 1.54) is 5.56 Å². The second-order valence-corrected chi connectivity index (χ2v) is 6.55. The van der Waals surface area contributed by atoms with Gasteiger partial charge in [-0.15, -0.1) is 12.4 Å². The molecule has 0 aromatic heterocycles. The van der Waals surface area contributed by atoms with Gasteiger partial charge in [0.15, 0.2) is 5.96 Å². The number of guanidine groups is 1. The molecule has 0 atom stereocenters. The van der Waals surface area contributed by atoms with Crippen LogP contribution >= 0.6 is 12.4 Å². The van der Waals surface area contributed by atoms with Crippen molar-refractivity contribution in [1.82, 2.24) is 10.6 Å². The molecule has 0 spiro atoms. The van der Waals surface area contributed by atoms with Crippen molar-refractivity contribution in [1.29, 1.82) is 0 Å². The van der Waals surface area contributed by atoms with Gasteiger partial charge in [0.25, 0.3) is 0 Å². The molecular formula is C22H31ClN4O2. The topological polar surface area (TPSA) is 74.8 Å². The predicted molar refractivity (Wildman–Crippen MR) is 122 cm³/mol. The van der Waals surface area contributed by atoms with Gasteiger partial charge >= 0.3 is 6.03 Å². The second-order valence-electron chi connectivity index (χ2n) is 6.55. The molecule has 0 radical (unpaired) electrons. The number of urea groups is 1. The van der Waals surface area contributed by atoms with Gasteiger partial charge in [0.05, 0.1) is 6.61 Å². The first-order chi connectivity index (χ1) is 13.6. The van der Waals surface area contributed by atoms with E-state index in [1.807, 2.05) is 50.2 Å². The average molecular weight is 419 g/mol. The van der Waals surface area contributed by atoms with Crippen LogP contribution in [0.2, 0.25) is 0 Å². The summed E-state index contributed by atoms with van der Waals surface area (Å²) in [6, 6.07) is 15.9. The number of halogens is 1. The molecule has 6 nitrogen and oxygen atoms in total. The standard InChI is InChI=1S/C22H30N4O2.ClH/c1-17-9-7-10-18(2)20(17)25-22(27)26-21(23-3)24-14-8-15-28-16-13-19-11-5-4-6-12-19;/h4-7,9-12H,8,13-16H2,1-3H3,(H3,23,24,25,26,27);1H. The maximum Gasteiger partial charge on any atom is 0.326 e. The van der Waals surface area contributed by atoms with Crippen LogP contribution < -0.4 is 16.0 Å². The van der Waals surface area contributed by atoms with Crippen LogP contribution in [-0.2, 0) is 11.2 Å². The number of carbonyl (C=O) groups is 1. The molecule has 2 aromatic rings. The third-order valence-electron chi connectivity index (χ3n) is 4.31. The van der Waals surface area contributed by atoms with Crippen LogP contribution in [0.25, 0.3) is 0 Å². The molecule has 158 valence electrons. The number of nitrogens with zero attached hydrogens (tertiary/aromatic N) is 1. The fraction of sp³-hybridized carbons (Fsp3) is 0.364. The van der Waals surface area contributed by atoms with Gasteiger partial charge in [0, 0.05) is 25.9 Å². The fourth-order valence-electron chi connectivity index (χ4n) is 2.76. The third kappa shape index (κ3) is 8.98. The fourth-order valence-corrected chi connectivity index (χ4v) is 2.76. The summed E-state index contributed by atoms with van der Waals surface area (Å²) in [5, 5.41) is 8.74. The van der Waals surface area contributed by atoms with Crippen LogP contribution in [0.5, 0.6) is 0 Å². The smallest absolute Gasteiger partial charge is 0.326 e. The largest absolute Gasteiger partial charge is 0.381 e. The summed E-state index contributed by atoms with van der Waals surface area (Å²) in [6.07, 6.45) is 1.74. The Morgan fingerprint density at radius 3 is 2.34 bits per heavy atom. The molecule has 0 fully saturated rings. The number of amides is 2. The molecule has 2 rings (SSSR count). The summed E-state index contributed by atoms with van der Waals surface area (Å²) in [7, 11) is 1.64. The van der Waals surface area contributed by atoms with Crippen LogP contribution in [0.3, 0.4) is 0 Å². The third-order valence-corrected chi connectivity index (χ3v) is 4.31. The van der Waals surface area contributed by atoms with E-state index in [0.29, 0.717) is 25.7 Å². The summed E-state index contributed by atoms with van der Waals surface area (Å²) in [6.45, 7) is 5.96. The molecule has 0 bridgehead atoms. The quantitative estimate of drug-likeness (QED) is 0.343. The maximum atomic E-state index is 12.2. The van der Waals surface area contributed by atoms with Gasteiger partial charge in [-0.05, 0) is 43.4 Å². The van der Waals surface area contributed by atoms with Gasteiger partial charge in [-0.25, -0.2) is 4.79 Å². The molecule has 29 heavy (non-hydrogen) atoms. The zero-order chi connectivity index (χ0) is 20.2. The Labute approximate surface area is 179 Å². The summed E-state index contributed by atoms with van der Waals surface area (Å²) in [5.41, 5.74) is 4.14. The lowest BCUT2D eigenvalue weighted by atomic mass is 10.1. The van der Waals surface area contributed by atoms with Gasteiger partial charge in [0.1, 0.15) is 0 Å². The molecule has 0 unspecified atom stereocenters. The minimum absolute atomic E-state index is 0. The Bertz CT molecular complexity index is 761. The molecule has 0 heterocycles. The van der Waals surface area contributed by atoms with Crippen molar-refractivity contribution < 1.29 is 9.53 Å². The zero-order valence-electron chi connectivity index (χ0n) is 17.3. The van der Waals surface area contributed by atoms with Gasteiger partial charge in [-0.1, -0.05) is 48.5 Å². The first-order valence-corrected chi connectivity index (χ1v) is 9.56. The lowest BCUT2D eigenvalue weighted by Crippen LogP contribution is -2.43. The highest BCUT2D eigenvalue weighted by atomic mass is 35.5. The van der Waals surface area contributed by atoms with Crippen molar-refractivity contribution in [3.8, 4) is 0 Å². The van der Waals surface area contributed by atoms with Crippen molar-refractivity contribution in [3.05, 3.63) is 65.2 Å². The predicted octanol–water partition coefficient (Wildman–Crippen LogP) is 4.07. The Hall–Kier alpha value is -2.57. The van der Waals surface area contributed by atoms with Crippen molar-refractivity contribution in [2.75, 3.05) is 32.1 Å². The summed E-state index contributed by atoms with van der Waals surface area (Å²) in [4.78, 5) is 16.3. The number of ether oxygens (including phenoxy) is 1. The van der Waals surface area contributed by atoms with Crippen LogP contribution in [0.15, 0.2) is 53.5 Å². The number of aliphatic imine (C=N–C) groups is 1. The Kier molecular flexibility index (Phi) is 11.5.